The van der Waals surface area contributed by atoms with Gasteiger partial charge in [-0.25, -0.2) is 14.4 Å². The smallest absolute Gasteiger partial charge is 0.311 e. The molecule has 4 rings (SSSR count). The van der Waals surface area contributed by atoms with E-state index in [1.54, 1.807) is 22.9 Å². The summed E-state index contributed by atoms with van der Waals surface area (Å²) in [6, 6.07) is 10.5. The Bertz CT molecular complexity index is 1180. The van der Waals surface area contributed by atoms with Crippen LogP contribution in [0.2, 0.25) is 0 Å². The van der Waals surface area contributed by atoms with Crippen molar-refractivity contribution in [3.05, 3.63) is 69.4 Å². The van der Waals surface area contributed by atoms with E-state index in [9.17, 15) is 9.18 Å². The predicted octanol–water partition coefficient (Wildman–Crippen LogP) is 5.72. The largest absolute Gasteiger partial charge is 0.461 e. The molecule has 0 unspecified atom stereocenters. The van der Waals surface area contributed by atoms with Gasteiger partial charge in [-0.15, -0.1) is 22.7 Å². The molecule has 2 heterocycles. The van der Waals surface area contributed by atoms with Gasteiger partial charge in [0.05, 0.1) is 27.8 Å². The van der Waals surface area contributed by atoms with Crippen molar-refractivity contribution in [3.63, 3.8) is 0 Å². The molecule has 4 aromatic rings. The number of ether oxygens (including phenoxy) is 1. The van der Waals surface area contributed by atoms with Gasteiger partial charge in [0, 0.05) is 10.4 Å². The Morgan fingerprint density at radius 2 is 2.07 bits per heavy atom. The average Bonchev–Trinajstić information content (AvgIpc) is 3.32. The number of aromatic nitrogens is 2. The van der Waals surface area contributed by atoms with Gasteiger partial charge in [-0.2, -0.15) is 0 Å². The number of aryl methyl sites for hydroxylation is 2. The second-order valence-electron chi connectivity index (χ2n) is 6.69. The van der Waals surface area contributed by atoms with Gasteiger partial charge in [0.25, 0.3) is 0 Å². The van der Waals surface area contributed by atoms with E-state index in [1.807, 2.05) is 32.0 Å². The van der Waals surface area contributed by atoms with E-state index < -0.39 is 0 Å². The molecule has 0 saturated heterocycles. The van der Waals surface area contributed by atoms with Gasteiger partial charge in [-0.1, -0.05) is 13.0 Å². The first-order chi connectivity index (χ1) is 14.0. The van der Waals surface area contributed by atoms with E-state index >= 15 is 0 Å². The third-order valence-corrected chi connectivity index (χ3v) is 6.56. The molecule has 0 bridgehead atoms. The van der Waals surface area contributed by atoms with E-state index in [1.165, 1.54) is 23.5 Å². The number of hydrogen-bond donors (Lipinski definition) is 0. The van der Waals surface area contributed by atoms with Gasteiger partial charge in [0.1, 0.15) is 17.4 Å². The van der Waals surface area contributed by atoms with Crippen molar-refractivity contribution in [2.24, 2.45) is 0 Å². The van der Waals surface area contributed by atoms with Gasteiger partial charge < -0.3 is 4.74 Å². The van der Waals surface area contributed by atoms with Crippen LogP contribution in [0.1, 0.15) is 28.6 Å². The molecule has 29 heavy (non-hydrogen) atoms. The van der Waals surface area contributed by atoms with Gasteiger partial charge in [-0.3, -0.25) is 4.79 Å². The van der Waals surface area contributed by atoms with Crippen LogP contribution in [0.4, 0.5) is 4.39 Å². The molecular weight excluding hydrogens is 407 g/mol. The van der Waals surface area contributed by atoms with Gasteiger partial charge in [-0.05, 0) is 54.8 Å². The minimum absolute atomic E-state index is 0.184. The number of halogens is 1. The van der Waals surface area contributed by atoms with Crippen molar-refractivity contribution in [2.75, 3.05) is 0 Å². The SMILES string of the molecule is CCc1nc(-c2ccc(F)cc2C)sc1CC(=O)OCc1ccc2ncsc2c1. The van der Waals surface area contributed by atoms with Gasteiger partial charge in [0.15, 0.2) is 0 Å². The quantitative estimate of drug-likeness (QED) is 0.370. The summed E-state index contributed by atoms with van der Waals surface area (Å²) < 4.78 is 20.0. The van der Waals surface area contributed by atoms with Crippen molar-refractivity contribution in [1.29, 1.82) is 0 Å². The molecule has 0 saturated carbocycles. The zero-order valence-corrected chi connectivity index (χ0v) is 17.7. The Morgan fingerprint density at radius 3 is 2.86 bits per heavy atom. The minimum Gasteiger partial charge on any atom is -0.461 e. The number of benzene rings is 2. The first-order valence-corrected chi connectivity index (χ1v) is 11.0. The Balaban J connectivity index is 1.46. The van der Waals surface area contributed by atoms with Crippen molar-refractivity contribution in [2.45, 2.75) is 33.3 Å². The summed E-state index contributed by atoms with van der Waals surface area (Å²) in [7, 11) is 0. The number of carbonyl (C=O) groups is 1. The Kier molecular flexibility index (Phi) is 5.69. The fourth-order valence-corrected chi connectivity index (χ4v) is 5.08. The molecule has 0 aliphatic rings. The molecule has 0 N–H and O–H groups in total. The topological polar surface area (TPSA) is 52.1 Å². The van der Waals surface area contributed by atoms with Crippen LogP contribution in [0.25, 0.3) is 20.8 Å². The Morgan fingerprint density at radius 1 is 1.21 bits per heavy atom. The summed E-state index contributed by atoms with van der Waals surface area (Å²) in [6.45, 7) is 4.10. The lowest BCUT2D eigenvalue weighted by Gasteiger charge is -2.05. The standard InChI is InChI=1S/C22H19FN2O2S2/c1-3-17-20(29-22(25-17)16-6-5-15(23)8-13(16)2)10-21(26)27-11-14-4-7-18-19(9-14)28-12-24-18/h4-9,12H,3,10-11H2,1-2H3. The molecule has 2 aromatic heterocycles. The maximum absolute atomic E-state index is 13.4. The first kappa shape index (κ1) is 19.7. The number of carbonyl (C=O) groups excluding carboxylic acids is 1. The highest BCUT2D eigenvalue weighted by atomic mass is 32.1. The summed E-state index contributed by atoms with van der Waals surface area (Å²) in [5.74, 6) is -0.547. The number of hydrogen-bond acceptors (Lipinski definition) is 6. The van der Waals surface area contributed by atoms with Crippen LogP contribution in [0.3, 0.4) is 0 Å². The zero-order valence-electron chi connectivity index (χ0n) is 16.1. The zero-order chi connectivity index (χ0) is 20.4. The molecule has 0 radical (unpaired) electrons. The summed E-state index contributed by atoms with van der Waals surface area (Å²) in [6.07, 6.45) is 0.908. The van der Waals surface area contributed by atoms with Crippen LogP contribution in [0, 0.1) is 12.7 Å². The van der Waals surface area contributed by atoms with Crippen LogP contribution < -0.4 is 0 Å². The number of thiazole rings is 2. The van der Waals surface area contributed by atoms with Crippen LogP contribution in [-0.4, -0.2) is 15.9 Å². The second kappa shape index (κ2) is 8.39. The maximum Gasteiger partial charge on any atom is 0.311 e. The lowest BCUT2D eigenvalue weighted by Crippen LogP contribution is -2.08. The molecule has 0 aliphatic heterocycles. The summed E-state index contributed by atoms with van der Waals surface area (Å²) in [4.78, 5) is 22.2. The number of fused-ring (bicyclic) bond motifs is 1. The van der Waals surface area contributed by atoms with Crippen molar-refractivity contribution in [1.82, 2.24) is 9.97 Å². The van der Waals surface area contributed by atoms with Crippen molar-refractivity contribution in [3.8, 4) is 10.6 Å². The van der Waals surface area contributed by atoms with Gasteiger partial charge in [0.2, 0.25) is 0 Å². The van der Waals surface area contributed by atoms with E-state index in [0.29, 0.717) is 0 Å². The Labute approximate surface area is 176 Å². The molecule has 0 fully saturated rings. The van der Waals surface area contributed by atoms with E-state index in [4.69, 9.17) is 4.74 Å². The molecule has 0 amide bonds. The second-order valence-corrected chi connectivity index (χ2v) is 8.66. The molecule has 2 aromatic carbocycles. The third kappa shape index (κ3) is 4.36. The maximum atomic E-state index is 13.4. The monoisotopic (exact) mass is 426 g/mol. The lowest BCUT2D eigenvalue weighted by atomic mass is 10.1. The summed E-state index contributed by atoms with van der Waals surface area (Å²) >= 11 is 3.03. The highest BCUT2D eigenvalue weighted by Gasteiger charge is 2.17. The minimum atomic E-state index is -0.282. The van der Waals surface area contributed by atoms with Crippen LogP contribution in [0.5, 0.6) is 0 Å². The average molecular weight is 427 g/mol. The lowest BCUT2D eigenvalue weighted by molar-refractivity contribution is -0.144. The van der Waals surface area contributed by atoms with E-state index in [-0.39, 0.29) is 24.8 Å². The highest BCUT2D eigenvalue weighted by Crippen LogP contribution is 2.31. The number of nitrogens with zero attached hydrogens (tertiary/aromatic N) is 2. The van der Waals surface area contributed by atoms with Gasteiger partial charge >= 0.3 is 5.97 Å². The molecule has 7 heteroatoms. The Hall–Kier alpha value is -2.64. The molecule has 0 aliphatic carbocycles. The first-order valence-electron chi connectivity index (χ1n) is 9.26. The van der Waals surface area contributed by atoms with Crippen LogP contribution >= 0.6 is 22.7 Å². The predicted molar refractivity (Wildman–Crippen MR) is 115 cm³/mol. The number of rotatable bonds is 6. The molecule has 0 spiro atoms. The van der Waals surface area contributed by atoms with Crippen molar-refractivity contribution >= 4 is 38.9 Å². The summed E-state index contributed by atoms with van der Waals surface area (Å²) in [5.41, 5.74) is 6.30. The molecule has 148 valence electrons. The fourth-order valence-electron chi connectivity index (χ4n) is 3.12. The summed E-state index contributed by atoms with van der Waals surface area (Å²) in [5, 5.41) is 0.804. The number of esters is 1. The highest BCUT2D eigenvalue weighted by molar-refractivity contribution is 7.16. The van der Waals surface area contributed by atoms with E-state index in [0.717, 1.165) is 48.9 Å². The third-order valence-electron chi connectivity index (χ3n) is 4.63. The van der Waals surface area contributed by atoms with E-state index in [2.05, 4.69) is 9.97 Å². The van der Waals surface area contributed by atoms with Crippen LogP contribution in [0.15, 0.2) is 41.9 Å². The molecule has 4 nitrogen and oxygen atoms in total. The van der Waals surface area contributed by atoms with Crippen LogP contribution in [-0.2, 0) is 29.0 Å². The normalized spacial score (nSPS) is 11.1. The fraction of sp³-hybridized carbons (Fsp3) is 0.227. The molecule has 0 atom stereocenters. The van der Waals surface area contributed by atoms with Crippen molar-refractivity contribution < 1.29 is 13.9 Å². The molecular formula is C22H19FN2O2S2.